The van der Waals surface area contributed by atoms with E-state index in [9.17, 15) is 5.11 Å². The number of ether oxygens (including phenoxy) is 2. The van der Waals surface area contributed by atoms with Gasteiger partial charge in [-0.1, -0.05) is 19.8 Å². The minimum absolute atomic E-state index is 0.467. The smallest absolute Gasteiger partial charge is 0.225 e. The molecule has 0 aliphatic heterocycles. The highest BCUT2D eigenvalue weighted by Crippen LogP contribution is 2.29. The Labute approximate surface area is 189 Å². The highest BCUT2D eigenvalue weighted by atomic mass is 16.5. The van der Waals surface area contributed by atoms with Crippen LogP contribution in [0.4, 0.5) is 11.8 Å². The fourth-order valence-electron chi connectivity index (χ4n) is 3.50. The van der Waals surface area contributed by atoms with E-state index in [1.54, 1.807) is 27.3 Å². The van der Waals surface area contributed by atoms with E-state index in [2.05, 4.69) is 27.5 Å². The lowest BCUT2D eigenvalue weighted by Gasteiger charge is -2.34. The van der Waals surface area contributed by atoms with Gasteiger partial charge in [-0.3, -0.25) is 4.98 Å². The molecule has 2 atom stereocenters. The summed E-state index contributed by atoms with van der Waals surface area (Å²) in [6.07, 6.45) is 4.00. The molecule has 8 heteroatoms. The number of anilines is 2. The predicted octanol–water partition coefficient (Wildman–Crippen LogP) is 4.40. The fraction of sp³-hybridized carbons (Fsp3) is 0.458. The second-order valence-electron chi connectivity index (χ2n) is 8.12. The summed E-state index contributed by atoms with van der Waals surface area (Å²) in [7, 11) is 3.26. The second-order valence-corrected chi connectivity index (χ2v) is 8.12. The molecule has 3 N–H and O–H groups in total. The van der Waals surface area contributed by atoms with E-state index in [1.807, 2.05) is 37.3 Å². The Morgan fingerprint density at radius 3 is 2.66 bits per heavy atom. The van der Waals surface area contributed by atoms with Crippen LogP contribution in [0.1, 0.15) is 45.6 Å². The molecule has 3 rings (SSSR count). The number of nitrogens with zero attached hydrogens (tertiary/aromatic N) is 3. The average molecular weight is 440 g/mol. The van der Waals surface area contributed by atoms with Crippen LogP contribution < -0.4 is 20.1 Å². The Bertz CT molecular complexity index is 1040. The zero-order valence-electron chi connectivity index (χ0n) is 19.5. The summed E-state index contributed by atoms with van der Waals surface area (Å²) in [6, 6.07) is 9.43. The molecule has 172 valence electrons. The van der Waals surface area contributed by atoms with Gasteiger partial charge in [0, 0.05) is 24.4 Å². The van der Waals surface area contributed by atoms with Crippen LogP contribution in [0.3, 0.4) is 0 Å². The Morgan fingerprint density at radius 1 is 1.16 bits per heavy atom. The molecule has 8 nitrogen and oxygen atoms in total. The molecule has 0 radical (unpaired) electrons. The van der Waals surface area contributed by atoms with Crippen molar-refractivity contribution in [2.24, 2.45) is 0 Å². The van der Waals surface area contributed by atoms with Gasteiger partial charge < -0.3 is 25.2 Å². The number of aliphatic hydroxyl groups is 1. The van der Waals surface area contributed by atoms with Crippen molar-refractivity contribution in [2.75, 3.05) is 24.9 Å². The minimum Gasteiger partial charge on any atom is -0.497 e. The molecule has 0 spiro atoms. The first-order valence-electron chi connectivity index (χ1n) is 10.9. The minimum atomic E-state index is -0.567. The first kappa shape index (κ1) is 23.5. The Hall–Kier alpha value is -3.13. The Balaban J connectivity index is 1.91. The van der Waals surface area contributed by atoms with Crippen LogP contribution in [0, 0.1) is 0 Å². The summed E-state index contributed by atoms with van der Waals surface area (Å²) in [4.78, 5) is 13.8. The van der Waals surface area contributed by atoms with Crippen LogP contribution in [0.2, 0.25) is 0 Å². The summed E-state index contributed by atoms with van der Waals surface area (Å²) in [6.45, 7) is 6.43. The van der Waals surface area contributed by atoms with Gasteiger partial charge in [-0.05, 0) is 44.5 Å². The number of hydrogen-bond donors (Lipinski definition) is 3. The quantitative estimate of drug-likeness (QED) is 0.404. The molecule has 0 aliphatic rings. The number of hydrogen-bond acceptors (Lipinski definition) is 8. The monoisotopic (exact) mass is 439 g/mol. The number of aliphatic hydroxyl groups excluding tert-OH is 1. The highest BCUT2D eigenvalue weighted by Gasteiger charge is 2.30. The number of methoxy groups -OCH3 is 2. The lowest BCUT2D eigenvalue weighted by atomic mass is 9.89. The van der Waals surface area contributed by atoms with Crippen LogP contribution in [0.5, 0.6) is 11.5 Å². The number of rotatable bonds is 11. The van der Waals surface area contributed by atoms with E-state index in [-0.39, 0.29) is 0 Å². The molecule has 0 saturated heterocycles. The van der Waals surface area contributed by atoms with Crippen LogP contribution in [-0.2, 0) is 6.54 Å². The van der Waals surface area contributed by atoms with Crippen molar-refractivity contribution >= 4 is 22.8 Å². The lowest BCUT2D eigenvalue weighted by molar-refractivity contribution is 0.116. The molecular weight excluding hydrogens is 406 g/mol. The first-order chi connectivity index (χ1) is 15.4. The number of aromatic nitrogens is 3. The first-order valence-corrected chi connectivity index (χ1v) is 10.9. The number of unbranched alkanes of at least 4 members (excludes halogenated alkanes) is 1. The number of benzene rings is 1. The summed E-state index contributed by atoms with van der Waals surface area (Å²) in [5.74, 6) is 2.52. The molecule has 0 amide bonds. The van der Waals surface area contributed by atoms with Gasteiger partial charge in [-0.2, -0.15) is 4.98 Å². The van der Waals surface area contributed by atoms with Crippen molar-refractivity contribution < 1.29 is 14.6 Å². The third kappa shape index (κ3) is 5.37. The van der Waals surface area contributed by atoms with Crippen molar-refractivity contribution in [1.82, 2.24) is 15.0 Å². The summed E-state index contributed by atoms with van der Waals surface area (Å²) in [5, 5.41) is 17.2. The topological polar surface area (TPSA) is 101 Å². The maximum absolute atomic E-state index is 10.5. The summed E-state index contributed by atoms with van der Waals surface area (Å²) in [5.41, 5.74) is 1.81. The van der Waals surface area contributed by atoms with Gasteiger partial charge in [0.15, 0.2) is 5.82 Å². The SMILES string of the molecule is CCCCC(C)(Nc1nc(NCc2ccc(OC)cc2OC)nc2cccnc12)C(C)O. The molecule has 0 aliphatic carbocycles. The van der Waals surface area contributed by atoms with Gasteiger partial charge in [-0.15, -0.1) is 0 Å². The third-order valence-electron chi connectivity index (χ3n) is 5.76. The lowest BCUT2D eigenvalue weighted by Crippen LogP contribution is -2.45. The standard InChI is InChI=1S/C24H33N5O3/c1-6-7-12-24(3,16(2)30)29-22-21-19(9-8-13-25-21)27-23(28-22)26-15-17-10-11-18(31-4)14-20(17)32-5/h8-11,13-14,16,30H,6-7,12,15H2,1-5H3,(H2,26,27,28,29). The Morgan fingerprint density at radius 2 is 1.97 bits per heavy atom. The van der Waals surface area contributed by atoms with E-state index in [1.165, 1.54) is 0 Å². The molecule has 2 aromatic heterocycles. The molecule has 2 unspecified atom stereocenters. The molecule has 1 aromatic carbocycles. The highest BCUT2D eigenvalue weighted by molar-refractivity contribution is 5.86. The maximum atomic E-state index is 10.5. The number of nitrogens with one attached hydrogen (secondary N) is 2. The van der Waals surface area contributed by atoms with Crippen molar-refractivity contribution in [1.29, 1.82) is 0 Å². The summed E-state index contributed by atoms with van der Waals surface area (Å²) < 4.78 is 10.8. The van der Waals surface area contributed by atoms with Gasteiger partial charge in [-0.25, -0.2) is 4.98 Å². The molecule has 0 fully saturated rings. The normalized spacial score (nSPS) is 13.9. The van der Waals surface area contributed by atoms with Gasteiger partial charge in [0.2, 0.25) is 5.95 Å². The number of pyridine rings is 1. The zero-order valence-corrected chi connectivity index (χ0v) is 19.5. The molecule has 2 heterocycles. The fourth-order valence-corrected chi connectivity index (χ4v) is 3.50. The van der Waals surface area contributed by atoms with Crippen molar-refractivity contribution in [3.05, 3.63) is 42.1 Å². The van der Waals surface area contributed by atoms with Gasteiger partial charge >= 0.3 is 0 Å². The third-order valence-corrected chi connectivity index (χ3v) is 5.76. The summed E-state index contributed by atoms with van der Waals surface area (Å²) >= 11 is 0. The predicted molar refractivity (Wildman–Crippen MR) is 127 cm³/mol. The zero-order chi connectivity index (χ0) is 23.1. The van der Waals surface area contributed by atoms with Crippen molar-refractivity contribution in [2.45, 2.75) is 58.2 Å². The number of fused-ring (bicyclic) bond motifs is 1. The average Bonchev–Trinajstić information content (AvgIpc) is 2.81. The molecule has 3 aromatic rings. The maximum Gasteiger partial charge on any atom is 0.225 e. The van der Waals surface area contributed by atoms with Crippen LogP contribution in [-0.4, -0.2) is 45.9 Å². The van der Waals surface area contributed by atoms with Crippen LogP contribution in [0.25, 0.3) is 11.0 Å². The van der Waals surface area contributed by atoms with Crippen molar-refractivity contribution in [3.8, 4) is 11.5 Å². The largest absolute Gasteiger partial charge is 0.497 e. The van der Waals surface area contributed by atoms with Crippen molar-refractivity contribution in [3.63, 3.8) is 0 Å². The van der Waals surface area contributed by atoms with E-state index in [0.29, 0.717) is 23.8 Å². The Kier molecular flexibility index (Phi) is 7.69. The molecule has 32 heavy (non-hydrogen) atoms. The van der Waals surface area contributed by atoms with E-state index in [4.69, 9.17) is 14.5 Å². The molecule has 0 saturated carbocycles. The molecular formula is C24H33N5O3. The van der Waals surface area contributed by atoms with Gasteiger partial charge in [0.1, 0.15) is 17.0 Å². The molecule has 0 bridgehead atoms. The van der Waals surface area contributed by atoms with E-state index >= 15 is 0 Å². The van der Waals surface area contributed by atoms with Gasteiger partial charge in [0.05, 0.1) is 31.4 Å². The van der Waals surface area contributed by atoms with E-state index in [0.717, 1.165) is 41.8 Å². The van der Waals surface area contributed by atoms with E-state index < -0.39 is 11.6 Å². The van der Waals surface area contributed by atoms with Gasteiger partial charge in [0.25, 0.3) is 0 Å². The van der Waals surface area contributed by atoms with Crippen LogP contribution >= 0.6 is 0 Å². The van der Waals surface area contributed by atoms with Crippen LogP contribution in [0.15, 0.2) is 36.5 Å². The second kappa shape index (κ2) is 10.5.